The summed E-state index contributed by atoms with van der Waals surface area (Å²) in [6.45, 7) is 3.34. The Morgan fingerprint density at radius 3 is 2.41 bits per heavy atom. The maximum atomic E-state index is 11.3. The topological polar surface area (TPSA) is 46.2 Å². The molecular formula is C13H25NO2S. The van der Waals surface area contributed by atoms with Crippen LogP contribution in [0.5, 0.6) is 0 Å². The van der Waals surface area contributed by atoms with Crippen molar-refractivity contribution in [3.63, 3.8) is 0 Å². The number of rotatable bonds is 4. The van der Waals surface area contributed by atoms with Crippen molar-refractivity contribution in [2.24, 2.45) is 11.8 Å². The lowest BCUT2D eigenvalue weighted by molar-refractivity contribution is 0.273. The minimum Gasteiger partial charge on any atom is -0.313 e. The van der Waals surface area contributed by atoms with Gasteiger partial charge >= 0.3 is 0 Å². The predicted molar refractivity (Wildman–Crippen MR) is 70.8 cm³/mol. The number of hydrogen-bond acceptors (Lipinski definition) is 3. The molecule has 100 valence electrons. The molecule has 1 saturated heterocycles. The molecular weight excluding hydrogens is 234 g/mol. The minimum atomic E-state index is -2.72. The van der Waals surface area contributed by atoms with Crippen molar-refractivity contribution in [1.82, 2.24) is 5.32 Å². The molecule has 2 fully saturated rings. The fourth-order valence-electron chi connectivity index (χ4n) is 3.07. The van der Waals surface area contributed by atoms with Gasteiger partial charge in [0.25, 0.3) is 0 Å². The number of hydrogen-bond donors (Lipinski definition) is 1. The van der Waals surface area contributed by atoms with Gasteiger partial charge in [0.05, 0.1) is 11.5 Å². The zero-order chi connectivity index (χ0) is 12.3. The molecule has 0 aromatic carbocycles. The van der Waals surface area contributed by atoms with E-state index in [0.717, 1.165) is 24.8 Å². The Hall–Kier alpha value is -0.0900. The van der Waals surface area contributed by atoms with Gasteiger partial charge in [0.15, 0.2) is 9.84 Å². The van der Waals surface area contributed by atoms with E-state index in [4.69, 9.17) is 0 Å². The molecule has 3 nitrogen and oxygen atoms in total. The summed E-state index contributed by atoms with van der Waals surface area (Å²) in [4.78, 5) is 0. The molecule has 1 N–H and O–H groups in total. The molecule has 0 radical (unpaired) electrons. The third-order valence-electron chi connectivity index (χ3n) is 4.35. The average Bonchev–Trinajstić information content (AvgIpc) is 2.61. The maximum Gasteiger partial charge on any atom is 0.151 e. The summed E-state index contributed by atoms with van der Waals surface area (Å²) in [6, 6.07) is 0.225. The summed E-state index contributed by atoms with van der Waals surface area (Å²) in [6.07, 6.45) is 7.52. The molecule has 1 unspecified atom stereocenters. The zero-order valence-corrected chi connectivity index (χ0v) is 11.6. The van der Waals surface area contributed by atoms with E-state index in [-0.39, 0.29) is 6.04 Å². The van der Waals surface area contributed by atoms with Crippen molar-refractivity contribution in [3.8, 4) is 0 Å². The van der Waals surface area contributed by atoms with Crippen LogP contribution in [0, 0.1) is 11.8 Å². The molecule has 1 saturated carbocycles. The van der Waals surface area contributed by atoms with Gasteiger partial charge in [-0.2, -0.15) is 0 Å². The van der Waals surface area contributed by atoms with Crippen molar-refractivity contribution >= 4 is 9.84 Å². The van der Waals surface area contributed by atoms with Crippen molar-refractivity contribution in [1.29, 1.82) is 0 Å². The highest BCUT2D eigenvalue weighted by molar-refractivity contribution is 7.91. The molecule has 0 aromatic heterocycles. The first-order chi connectivity index (χ1) is 8.05. The average molecular weight is 259 g/mol. The van der Waals surface area contributed by atoms with Crippen LogP contribution in [-0.4, -0.2) is 32.5 Å². The van der Waals surface area contributed by atoms with E-state index in [2.05, 4.69) is 12.2 Å². The van der Waals surface area contributed by atoms with Gasteiger partial charge in [-0.1, -0.05) is 32.6 Å². The first-order valence-electron chi connectivity index (χ1n) is 6.99. The molecule has 0 bridgehead atoms. The molecule has 1 atom stereocenters. The molecule has 0 aromatic rings. The molecule has 1 heterocycles. The van der Waals surface area contributed by atoms with Crippen molar-refractivity contribution in [2.75, 3.05) is 18.1 Å². The summed E-state index contributed by atoms with van der Waals surface area (Å²) in [5.41, 5.74) is 0. The molecule has 0 spiro atoms. The van der Waals surface area contributed by atoms with Crippen LogP contribution in [0.25, 0.3) is 0 Å². The number of sulfone groups is 1. The molecule has 17 heavy (non-hydrogen) atoms. The summed E-state index contributed by atoms with van der Waals surface area (Å²) >= 11 is 0. The van der Waals surface area contributed by atoms with Gasteiger partial charge in [-0.25, -0.2) is 8.42 Å². The van der Waals surface area contributed by atoms with Crippen molar-refractivity contribution in [3.05, 3.63) is 0 Å². The highest BCUT2D eigenvalue weighted by Crippen LogP contribution is 2.30. The van der Waals surface area contributed by atoms with Gasteiger partial charge in [0, 0.05) is 6.04 Å². The second-order valence-electron chi connectivity index (χ2n) is 5.97. The largest absolute Gasteiger partial charge is 0.313 e. The summed E-state index contributed by atoms with van der Waals surface area (Å²) < 4.78 is 22.6. The Kier molecular flexibility index (Phi) is 4.47. The van der Waals surface area contributed by atoms with Crippen LogP contribution in [0.3, 0.4) is 0 Å². The molecule has 2 aliphatic rings. The van der Waals surface area contributed by atoms with E-state index < -0.39 is 9.84 Å². The van der Waals surface area contributed by atoms with Crippen molar-refractivity contribution in [2.45, 2.75) is 51.5 Å². The van der Waals surface area contributed by atoms with E-state index in [9.17, 15) is 8.42 Å². The van der Waals surface area contributed by atoms with Crippen LogP contribution in [0.15, 0.2) is 0 Å². The monoisotopic (exact) mass is 259 g/mol. The summed E-state index contributed by atoms with van der Waals surface area (Å²) in [7, 11) is -2.72. The quantitative estimate of drug-likeness (QED) is 0.839. The highest BCUT2D eigenvalue weighted by Gasteiger charge is 2.27. The first kappa shape index (κ1) is 13.3. The second kappa shape index (κ2) is 5.70. The SMILES string of the molecule is CC1CCC(CCNC2CCS(=O)(=O)C2)CC1. The Balaban J connectivity index is 1.60. The van der Waals surface area contributed by atoms with Crippen LogP contribution >= 0.6 is 0 Å². The van der Waals surface area contributed by atoms with Crippen LogP contribution in [0.4, 0.5) is 0 Å². The van der Waals surface area contributed by atoms with Gasteiger partial charge in [-0.05, 0) is 31.2 Å². The third kappa shape index (κ3) is 4.25. The first-order valence-corrected chi connectivity index (χ1v) is 8.81. The normalized spacial score (nSPS) is 37.1. The van der Waals surface area contributed by atoms with Crippen LogP contribution in [0.2, 0.25) is 0 Å². The van der Waals surface area contributed by atoms with Crippen LogP contribution in [-0.2, 0) is 9.84 Å². The van der Waals surface area contributed by atoms with Gasteiger partial charge in [-0.3, -0.25) is 0 Å². The van der Waals surface area contributed by atoms with Gasteiger partial charge in [-0.15, -0.1) is 0 Å². The van der Waals surface area contributed by atoms with Gasteiger partial charge < -0.3 is 5.32 Å². The highest BCUT2D eigenvalue weighted by atomic mass is 32.2. The lowest BCUT2D eigenvalue weighted by Crippen LogP contribution is -2.32. The van der Waals surface area contributed by atoms with Gasteiger partial charge in [0.2, 0.25) is 0 Å². The van der Waals surface area contributed by atoms with E-state index in [1.54, 1.807) is 0 Å². The molecule has 0 amide bonds. The molecule has 1 aliphatic carbocycles. The third-order valence-corrected chi connectivity index (χ3v) is 6.12. The Morgan fingerprint density at radius 2 is 1.82 bits per heavy atom. The second-order valence-corrected chi connectivity index (χ2v) is 8.20. The van der Waals surface area contributed by atoms with E-state index in [1.807, 2.05) is 0 Å². The van der Waals surface area contributed by atoms with Crippen LogP contribution < -0.4 is 5.32 Å². The maximum absolute atomic E-state index is 11.3. The number of nitrogens with one attached hydrogen (secondary N) is 1. The molecule has 2 rings (SSSR count). The van der Waals surface area contributed by atoms with Crippen molar-refractivity contribution < 1.29 is 8.42 Å². The summed E-state index contributed by atoms with van der Waals surface area (Å²) in [5, 5.41) is 3.42. The fraction of sp³-hybridized carbons (Fsp3) is 1.00. The fourth-order valence-corrected chi connectivity index (χ4v) is 4.77. The Morgan fingerprint density at radius 1 is 1.12 bits per heavy atom. The van der Waals surface area contributed by atoms with E-state index in [1.165, 1.54) is 32.1 Å². The predicted octanol–water partition coefficient (Wildman–Crippen LogP) is 1.98. The van der Waals surface area contributed by atoms with E-state index >= 15 is 0 Å². The lowest BCUT2D eigenvalue weighted by atomic mass is 9.81. The standard InChI is InChI=1S/C13H25NO2S/c1-11-2-4-12(5-3-11)6-8-14-13-7-9-17(15,16)10-13/h11-14H,2-10H2,1H3. The summed E-state index contributed by atoms with van der Waals surface area (Å²) in [5.74, 6) is 2.52. The zero-order valence-electron chi connectivity index (χ0n) is 10.8. The van der Waals surface area contributed by atoms with Crippen LogP contribution in [0.1, 0.15) is 45.4 Å². The Labute approximate surface area is 105 Å². The van der Waals surface area contributed by atoms with Gasteiger partial charge in [0.1, 0.15) is 0 Å². The lowest BCUT2D eigenvalue weighted by Gasteiger charge is -2.26. The molecule has 1 aliphatic heterocycles. The Bertz CT molecular complexity index is 331. The minimum absolute atomic E-state index is 0.225. The van der Waals surface area contributed by atoms with E-state index in [0.29, 0.717) is 11.5 Å². The molecule has 4 heteroatoms. The smallest absolute Gasteiger partial charge is 0.151 e.